The summed E-state index contributed by atoms with van der Waals surface area (Å²) < 4.78 is 6.02. The largest absolute Gasteiger partial charge is 0.481 e. The third kappa shape index (κ3) is 4.27. The number of hydrogen-bond acceptors (Lipinski definition) is 7. The number of piperidine rings is 2. The van der Waals surface area contributed by atoms with Crippen LogP contribution in [-0.4, -0.2) is 87.3 Å². The number of carbonyl (C=O) groups is 2. The lowest BCUT2D eigenvalue weighted by Crippen LogP contribution is -2.56. The Bertz CT molecular complexity index is 808. The molecule has 1 saturated carbocycles. The van der Waals surface area contributed by atoms with E-state index in [1.165, 1.54) is 0 Å². The predicted octanol–water partition coefficient (Wildman–Crippen LogP) is 2.37. The van der Waals surface area contributed by atoms with Gasteiger partial charge in [0.2, 0.25) is 0 Å². The lowest BCUT2D eigenvalue weighted by Gasteiger charge is -2.45. The van der Waals surface area contributed by atoms with Crippen LogP contribution >= 0.6 is 0 Å². The Labute approximate surface area is 188 Å². The summed E-state index contributed by atoms with van der Waals surface area (Å²) in [5.74, 6) is 0.516. The number of fused-ring (bicyclic) bond motifs is 1. The number of aliphatic carboxylic acids is 1. The zero-order chi connectivity index (χ0) is 22.1. The van der Waals surface area contributed by atoms with Crippen molar-refractivity contribution < 1.29 is 19.4 Å². The van der Waals surface area contributed by atoms with Gasteiger partial charge in [-0.1, -0.05) is 0 Å². The summed E-state index contributed by atoms with van der Waals surface area (Å²) in [6.07, 6.45) is 10.3. The fourth-order valence-electron chi connectivity index (χ4n) is 6.28. The quantitative estimate of drug-likeness (QED) is 0.741. The number of likely N-dealkylation sites (tertiary alicyclic amines) is 1. The second kappa shape index (κ2) is 9.21. The summed E-state index contributed by atoms with van der Waals surface area (Å²) in [5, 5.41) is 9.08. The van der Waals surface area contributed by atoms with Crippen LogP contribution in [0, 0.1) is 5.92 Å². The smallest absolute Gasteiger partial charge is 0.410 e. The Morgan fingerprint density at radius 1 is 1.06 bits per heavy atom. The van der Waals surface area contributed by atoms with E-state index in [-0.39, 0.29) is 42.7 Å². The van der Waals surface area contributed by atoms with Crippen molar-refractivity contribution in [2.75, 3.05) is 31.1 Å². The highest BCUT2D eigenvalue weighted by molar-refractivity contribution is 5.71. The number of ether oxygens (including phenoxy) is 1. The summed E-state index contributed by atoms with van der Waals surface area (Å²) in [6.45, 7) is 3.56. The fourth-order valence-corrected chi connectivity index (χ4v) is 6.28. The molecule has 3 unspecified atom stereocenters. The molecule has 3 atom stereocenters. The zero-order valence-corrected chi connectivity index (χ0v) is 18.5. The molecule has 0 aromatic carbocycles. The summed E-state index contributed by atoms with van der Waals surface area (Å²) in [4.78, 5) is 39.2. The van der Waals surface area contributed by atoms with Crippen LogP contribution in [-0.2, 0) is 9.53 Å². The van der Waals surface area contributed by atoms with Crippen LogP contribution in [0.3, 0.4) is 0 Å². The van der Waals surface area contributed by atoms with Gasteiger partial charge < -0.3 is 14.7 Å². The van der Waals surface area contributed by atoms with Gasteiger partial charge in [0.15, 0.2) is 0 Å². The summed E-state index contributed by atoms with van der Waals surface area (Å²) in [5.41, 5.74) is 0. The van der Waals surface area contributed by atoms with Gasteiger partial charge >= 0.3 is 12.1 Å². The first kappa shape index (κ1) is 21.4. The number of hydrogen-bond donors (Lipinski definition) is 1. The molecule has 9 heteroatoms. The van der Waals surface area contributed by atoms with Crippen LogP contribution in [0.15, 0.2) is 18.6 Å². The molecular formula is C23H33N5O4. The lowest BCUT2D eigenvalue weighted by atomic mass is 9.84. The van der Waals surface area contributed by atoms with Gasteiger partial charge in [0.25, 0.3) is 0 Å². The van der Waals surface area contributed by atoms with E-state index in [4.69, 9.17) is 9.84 Å². The number of carboxylic acid groups (broad SMARTS) is 1. The molecule has 3 saturated heterocycles. The molecule has 4 aliphatic rings. The molecule has 3 aliphatic heterocycles. The van der Waals surface area contributed by atoms with Gasteiger partial charge in [-0.2, -0.15) is 0 Å². The van der Waals surface area contributed by atoms with Crippen molar-refractivity contribution in [2.45, 2.75) is 75.6 Å². The molecule has 9 nitrogen and oxygen atoms in total. The SMILES string of the molecule is O=C(O)CC1CCN(C2CCCC3C2OC(=O)N3C2CCN(c3ccncn3)CC2)CC1. The maximum Gasteiger partial charge on any atom is 0.410 e. The van der Waals surface area contributed by atoms with Crippen LogP contribution < -0.4 is 4.90 Å². The number of nitrogens with zero attached hydrogens (tertiary/aromatic N) is 5. The normalized spacial score (nSPS) is 30.2. The minimum absolute atomic E-state index is 0.0628. The van der Waals surface area contributed by atoms with Crippen molar-refractivity contribution in [1.82, 2.24) is 19.8 Å². The average molecular weight is 444 g/mol. The molecule has 1 amide bonds. The Morgan fingerprint density at radius 2 is 1.81 bits per heavy atom. The molecule has 4 fully saturated rings. The molecule has 0 radical (unpaired) electrons. The highest BCUT2D eigenvalue weighted by Gasteiger charge is 2.51. The number of aromatic nitrogens is 2. The summed E-state index contributed by atoms with van der Waals surface area (Å²) in [6, 6.07) is 2.57. The first-order valence-electron chi connectivity index (χ1n) is 12.1. The van der Waals surface area contributed by atoms with Gasteiger partial charge in [-0.3, -0.25) is 14.6 Å². The van der Waals surface area contributed by atoms with E-state index in [1.54, 1.807) is 12.5 Å². The molecular weight excluding hydrogens is 410 g/mol. The molecule has 5 rings (SSSR count). The second-order valence-electron chi connectivity index (χ2n) is 9.68. The summed E-state index contributed by atoms with van der Waals surface area (Å²) >= 11 is 0. The highest BCUT2D eigenvalue weighted by Crippen LogP contribution is 2.39. The van der Waals surface area contributed by atoms with Crippen molar-refractivity contribution in [3.05, 3.63) is 18.6 Å². The van der Waals surface area contributed by atoms with E-state index in [0.29, 0.717) is 0 Å². The topological polar surface area (TPSA) is 99.1 Å². The standard InChI is InChI=1S/C23H33N5O4/c29-21(30)14-16-5-10-26(11-6-16)18-2-1-3-19-22(18)32-23(31)28(19)17-7-12-27(13-8-17)20-4-9-24-15-25-20/h4,9,15-19,22H,1-3,5-8,10-14H2,(H,29,30). The molecule has 174 valence electrons. The first-order chi connectivity index (χ1) is 15.6. The number of amides is 1. The number of carboxylic acids is 1. The summed E-state index contributed by atoms with van der Waals surface area (Å²) in [7, 11) is 0. The number of carbonyl (C=O) groups excluding carboxylic acids is 1. The van der Waals surface area contributed by atoms with Gasteiger partial charge in [-0.05, 0) is 70.0 Å². The van der Waals surface area contributed by atoms with Crippen LogP contribution in [0.1, 0.15) is 51.4 Å². The van der Waals surface area contributed by atoms with Gasteiger partial charge in [-0.15, -0.1) is 0 Å². The van der Waals surface area contributed by atoms with Gasteiger partial charge in [0.1, 0.15) is 18.2 Å². The van der Waals surface area contributed by atoms with E-state index in [1.807, 2.05) is 6.07 Å². The van der Waals surface area contributed by atoms with Crippen molar-refractivity contribution in [2.24, 2.45) is 5.92 Å². The number of anilines is 1. The van der Waals surface area contributed by atoms with Crippen LogP contribution in [0.5, 0.6) is 0 Å². The first-order valence-corrected chi connectivity index (χ1v) is 12.1. The Morgan fingerprint density at radius 3 is 2.50 bits per heavy atom. The van der Waals surface area contributed by atoms with E-state index in [9.17, 15) is 9.59 Å². The molecule has 4 heterocycles. The third-order valence-electron chi connectivity index (χ3n) is 7.89. The monoisotopic (exact) mass is 443 g/mol. The predicted molar refractivity (Wildman–Crippen MR) is 117 cm³/mol. The van der Waals surface area contributed by atoms with E-state index < -0.39 is 5.97 Å². The van der Waals surface area contributed by atoms with Crippen molar-refractivity contribution in [3.8, 4) is 0 Å². The van der Waals surface area contributed by atoms with Crippen molar-refractivity contribution in [1.29, 1.82) is 0 Å². The van der Waals surface area contributed by atoms with E-state index >= 15 is 0 Å². The Hall–Kier alpha value is -2.42. The van der Waals surface area contributed by atoms with Gasteiger partial charge in [0, 0.05) is 37.8 Å². The number of rotatable bonds is 5. The highest BCUT2D eigenvalue weighted by atomic mass is 16.6. The van der Waals surface area contributed by atoms with Crippen molar-refractivity contribution in [3.63, 3.8) is 0 Å². The lowest BCUT2D eigenvalue weighted by molar-refractivity contribution is -0.138. The van der Waals surface area contributed by atoms with E-state index in [0.717, 1.165) is 76.9 Å². The molecule has 0 bridgehead atoms. The Balaban J connectivity index is 1.20. The van der Waals surface area contributed by atoms with Crippen molar-refractivity contribution >= 4 is 17.9 Å². The van der Waals surface area contributed by atoms with Gasteiger partial charge in [0.05, 0.1) is 6.04 Å². The molecule has 1 aliphatic carbocycles. The average Bonchev–Trinajstić information content (AvgIpc) is 3.16. The molecule has 1 N–H and O–H groups in total. The second-order valence-corrected chi connectivity index (χ2v) is 9.68. The van der Waals surface area contributed by atoms with Crippen LogP contribution in [0.4, 0.5) is 10.6 Å². The van der Waals surface area contributed by atoms with Gasteiger partial charge in [-0.25, -0.2) is 14.8 Å². The minimum atomic E-state index is -0.702. The zero-order valence-electron chi connectivity index (χ0n) is 18.5. The van der Waals surface area contributed by atoms with Crippen LogP contribution in [0.2, 0.25) is 0 Å². The molecule has 32 heavy (non-hydrogen) atoms. The van der Waals surface area contributed by atoms with Crippen LogP contribution in [0.25, 0.3) is 0 Å². The maximum absolute atomic E-state index is 13.0. The Kier molecular flexibility index (Phi) is 6.17. The third-order valence-corrected chi connectivity index (χ3v) is 7.89. The molecule has 1 aromatic heterocycles. The fraction of sp³-hybridized carbons (Fsp3) is 0.739. The minimum Gasteiger partial charge on any atom is -0.481 e. The maximum atomic E-state index is 13.0. The molecule has 1 aromatic rings. The van der Waals surface area contributed by atoms with E-state index in [2.05, 4.69) is 24.7 Å². The molecule has 0 spiro atoms.